The van der Waals surface area contributed by atoms with Gasteiger partial charge >= 0.3 is 0 Å². The Balaban J connectivity index is 2.26. The summed E-state index contributed by atoms with van der Waals surface area (Å²) in [4.78, 5) is 28.2. The van der Waals surface area contributed by atoms with Crippen molar-refractivity contribution in [2.24, 2.45) is 0 Å². The van der Waals surface area contributed by atoms with Crippen LogP contribution in [0, 0.1) is 0 Å². The number of halogens is 2. The average Bonchev–Trinajstić information content (AvgIpc) is 2.78. The van der Waals surface area contributed by atoms with Crippen molar-refractivity contribution in [2.45, 2.75) is 91.3 Å². The highest BCUT2D eigenvalue weighted by molar-refractivity contribution is 6.36. The van der Waals surface area contributed by atoms with Crippen LogP contribution >= 0.6 is 23.2 Å². The summed E-state index contributed by atoms with van der Waals surface area (Å²) in [6, 6.07) is 13.1. The van der Waals surface area contributed by atoms with Crippen molar-refractivity contribution in [1.82, 2.24) is 10.2 Å². The van der Waals surface area contributed by atoms with Crippen molar-refractivity contribution < 1.29 is 9.59 Å². The number of hydrogen-bond donors (Lipinski definition) is 1. The second-order valence-corrected chi connectivity index (χ2v) is 10.7. The number of carbonyl (C=O) groups excluding carboxylic acids is 2. The third-order valence-corrected chi connectivity index (χ3v) is 6.93. The molecular weight excluding hydrogens is 467 g/mol. The maximum absolute atomic E-state index is 13.5. The van der Waals surface area contributed by atoms with E-state index in [4.69, 9.17) is 23.2 Å². The monoisotopic (exact) mass is 504 g/mol. The van der Waals surface area contributed by atoms with E-state index in [1.54, 1.807) is 23.1 Å². The number of aryl methyl sites for hydroxylation is 1. The number of rotatable bonds is 10. The molecule has 2 rings (SSSR count). The van der Waals surface area contributed by atoms with E-state index in [-0.39, 0.29) is 29.8 Å². The van der Waals surface area contributed by atoms with Crippen molar-refractivity contribution in [3.8, 4) is 0 Å². The molecule has 0 aliphatic rings. The lowest BCUT2D eigenvalue weighted by Crippen LogP contribution is -2.50. The summed E-state index contributed by atoms with van der Waals surface area (Å²) in [7, 11) is 0. The first-order valence-electron chi connectivity index (χ1n) is 12.1. The molecule has 0 aromatic heterocycles. The second-order valence-electron chi connectivity index (χ2n) is 9.91. The molecule has 0 fully saturated rings. The smallest absolute Gasteiger partial charge is 0.243 e. The minimum Gasteiger partial charge on any atom is -0.352 e. The molecule has 0 heterocycles. The fraction of sp³-hybridized carbons (Fsp3) is 0.500. The Morgan fingerprint density at radius 3 is 2.06 bits per heavy atom. The Morgan fingerprint density at radius 2 is 1.56 bits per heavy atom. The van der Waals surface area contributed by atoms with E-state index in [0.29, 0.717) is 34.9 Å². The summed E-state index contributed by atoms with van der Waals surface area (Å²) in [5, 5.41) is 4.00. The average molecular weight is 506 g/mol. The zero-order chi connectivity index (χ0) is 25.5. The van der Waals surface area contributed by atoms with Gasteiger partial charge in [0.25, 0.3) is 0 Å². The number of nitrogens with one attached hydrogen (secondary N) is 1. The lowest BCUT2D eigenvalue weighted by molar-refractivity contribution is -0.141. The van der Waals surface area contributed by atoms with E-state index in [0.717, 1.165) is 12.0 Å². The molecule has 0 bridgehead atoms. The number of benzene rings is 2. The van der Waals surface area contributed by atoms with E-state index in [1.807, 2.05) is 20.8 Å². The lowest BCUT2D eigenvalue weighted by Gasteiger charge is -2.32. The molecule has 6 heteroatoms. The molecule has 0 aliphatic carbocycles. The van der Waals surface area contributed by atoms with Crippen LogP contribution in [0.2, 0.25) is 10.0 Å². The zero-order valence-electron chi connectivity index (χ0n) is 21.3. The molecule has 0 aliphatic heterocycles. The zero-order valence-corrected chi connectivity index (χ0v) is 22.8. The van der Waals surface area contributed by atoms with Crippen molar-refractivity contribution in [2.75, 3.05) is 0 Å². The highest BCUT2D eigenvalue weighted by Gasteiger charge is 2.30. The molecule has 34 heavy (non-hydrogen) atoms. The van der Waals surface area contributed by atoms with Gasteiger partial charge in [-0.15, -0.1) is 0 Å². The molecule has 2 unspecified atom stereocenters. The van der Waals surface area contributed by atoms with Crippen molar-refractivity contribution in [1.29, 1.82) is 0 Å². The normalized spacial score (nSPS) is 13.3. The molecule has 2 aromatic carbocycles. The number of nitrogens with zero attached hydrogens (tertiary/aromatic N) is 1. The molecule has 0 radical (unpaired) electrons. The van der Waals surface area contributed by atoms with Gasteiger partial charge in [-0.1, -0.05) is 88.2 Å². The third-order valence-electron chi connectivity index (χ3n) is 6.22. The molecule has 0 spiro atoms. The fourth-order valence-corrected chi connectivity index (χ4v) is 4.30. The Labute approximate surface area is 215 Å². The first-order valence-corrected chi connectivity index (χ1v) is 12.9. The minimum atomic E-state index is -0.600. The number of amides is 2. The lowest BCUT2D eigenvalue weighted by atomic mass is 9.86. The van der Waals surface area contributed by atoms with Crippen LogP contribution in [0.1, 0.15) is 77.5 Å². The molecule has 2 atom stereocenters. The van der Waals surface area contributed by atoms with Gasteiger partial charge in [-0.25, -0.2) is 0 Å². The van der Waals surface area contributed by atoms with Gasteiger partial charge in [0, 0.05) is 34.6 Å². The highest BCUT2D eigenvalue weighted by atomic mass is 35.5. The standard InChI is InChI=1S/C28H38Cl2N2O2/c1-7-19(3)31-27(34)25(8-2)32(18-22-23(29)10-9-11-24(22)30)26(33)17-14-20-12-15-21(16-13-20)28(4,5)6/h9-13,15-16,19,25H,7-8,14,17-18H2,1-6H3,(H,31,34). The molecule has 1 N–H and O–H groups in total. The Bertz CT molecular complexity index is 947. The maximum atomic E-state index is 13.5. The summed E-state index contributed by atoms with van der Waals surface area (Å²) in [5.41, 5.74) is 3.08. The predicted octanol–water partition coefficient (Wildman–Crippen LogP) is 6.95. The molecule has 2 aromatic rings. The van der Waals surface area contributed by atoms with Crippen LogP contribution in [0.25, 0.3) is 0 Å². The minimum absolute atomic E-state index is 0.0312. The van der Waals surface area contributed by atoms with E-state index < -0.39 is 6.04 Å². The highest BCUT2D eigenvalue weighted by Crippen LogP contribution is 2.28. The topological polar surface area (TPSA) is 49.4 Å². The second kappa shape index (κ2) is 12.6. The SMILES string of the molecule is CCC(C)NC(=O)C(CC)N(Cc1c(Cl)cccc1Cl)C(=O)CCc1ccc(C(C)(C)C)cc1. The Morgan fingerprint density at radius 1 is 0.971 bits per heavy atom. The van der Waals surface area contributed by atoms with Crippen LogP contribution in [0.3, 0.4) is 0 Å². The van der Waals surface area contributed by atoms with Crippen LogP contribution in [-0.2, 0) is 28.0 Å². The molecule has 0 saturated carbocycles. The van der Waals surface area contributed by atoms with E-state index in [2.05, 4.69) is 50.4 Å². The fourth-order valence-electron chi connectivity index (χ4n) is 3.78. The third kappa shape index (κ3) is 7.74. The summed E-state index contributed by atoms with van der Waals surface area (Å²) in [5.74, 6) is -0.245. The van der Waals surface area contributed by atoms with Gasteiger partial charge in [0.2, 0.25) is 11.8 Å². The summed E-state index contributed by atoms with van der Waals surface area (Å²) in [6.07, 6.45) is 2.21. The van der Waals surface area contributed by atoms with E-state index in [1.165, 1.54) is 5.56 Å². The van der Waals surface area contributed by atoms with Crippen LogP contribution < -0.4 is 5.32 Å². The maximum Gasteiger partial charge on any atom is 0.243 e. The van der Waals surface area contributed by atoms with Gasteiger partial charge in [0.1, 0.15) is 6.04 Å². The summed E-state index contributed by atoms with van der Waals surface area (Å²) >= 11 is 12.8. The van der Waals surface area contributed by atoms with Gasteiger partial charge < -0.3 is 10.2 Å². The van der Waals surface area contributed by atoms with Crippen LogP contribution in [0.15, 0.2) is 42.5 Å². The first-order chi connectivity index (χ1) is 16.0. The quantitative estimate of drug-likeness (QED) is 0.380. The summed E-state index contributed by atoms with van der Waals surface area (Å²) in [6.45, 7) is 12.6. The van der Waals surface area contributed by atoms with E-state index >= 15 is 0 Å². The molecule has 4 nitrogen and oxygen atoms in total. The van der Waals surface area contributed by atoms with Gasteiger partial charge in [-0.05, 0) is 54.9 Å². The van der Waals surface area contributed by atoms with Crippen LogP contribution in [0.5, 0.6) is 0 Å². The predicted molar refractivity (Wildman–Crippen MR) is 142 cm³/mol. The van der Waals surface area contributed by atoms with Gasteiger partial charge in [0.15, 0.2) is 0 Å². The first kappa shape index (κ1) is 28.2. The van der Waals surface area contributed by atoms with Crippen molar-refractivity contribution in [3.63, 3.8) is 0 Å². The summed E-state index contributed by atoms with van der Waals surface area (Å²) < 4.78 is 0. The molecule has 0 saturated heterocycles. The molecular formula is C28H38Cl2N2O2. The Hall–Kier alpha value is -2.04. The van der Waals surface area contributed by atoms with Gasteiger partial charge in [0.05, 0.1) is 0 Å². The number of hydrogen-bond acceptors (Lipinski definition) is 2. The molecule has 2 amide bonds. The van der Waals surface area contributed by atoms with Gasteiger partial charge in [-0.3, -0.25) is 9.59 Å². The van der Waals surface area contributed by atoms with Crippen LogP contribution in [0.4, 0.5) is 0 Å². The van der Waals surface area contributed by atoms with Crippen LogP contribution in [-0.4, -0.2) is 28.8 Å². The largest absolute Gasteiger partial charge is 0.352 e. The van der Waals surface area contributed by atoms with Crippen molar-refractivity contribution >= 4 is 35.0 Å². The van der Waals surface area contributed by atoms with E-state index in [9.17, 15) is 9.59 Å². The number of carbonyl (C=O) groups is 2. The Kier molecular flexibility index (Phi) is 10.5. The van der Waals surface area contributed by atoms with Gasteiger partial charge in [-0.2, -0.15) is 0 Å². The van der Waals surface area contributed by atoms with Crippen molar-refractivity contribution in [3.05, 3.63) is 69.2 Å². The molecule has 186 valence electrons.